The van der Waals surface area contributed by atoms with Gasteiger partial charge in [0.2, 0.25) is 0 Å². The van der Waals surface area contributed by atoms with Crippen LogP contribution >= 0.6 is 0 Å². The Labute approximate surface area is 93.9 Å². The molecule has 0 bridgehead atoms. The molecule has 0 aromatic carbocycles. The van der Waals surface area contributed by atoms with Gasteiger partial charge in [0, 0.05) is 26.8 Å². The van der Waals surface area contributed by atoms with E-state index in [0.29, 0.717) is 18.8 Å². The lowest BCUT2D eigenvalue weighted by molar-refractivity contribution is 0.677. The van der Waals surface area contributed by atoms with Gasteiger partial charge >= 0.3 is 5.69 Å². The molecule has 0 aliphatic heterocycles. The normalized spacial score (nSPS) is 9.88. The Kier molecular flexibility index (Phi) is 3.56. The molecule has 0 fully saturated rings. The molecule has 0 N–H and O–H groups in total. The number of anilines is 1. The minimum absolute atomic E-state index is 0.319. The van der Waals surface area contributed by atoms with Gasteiger partial charge in [-0.05, 0) is 6.92 Å². The third kappa shape index (κ3) is 2.01. The van der Waals surface area contributed by atoms with E-state index in [1.165, 1.54) is 17.8 Å². The lowest BCUT2D eigenvalue weighted by atomic mass is 10.4. The lowest BCUT2D eigenvalue weighted by Crippen LogP contribution is -2.41. The first-order valence-corrected chi connectivity index (χ1v) is 4.98. The highest BCUT2D eigenvalue weighted by molar-refractivity contribution is 5.43. The predicted molar refractivity (Wildman–Crippen MR) is 63.6 cm³/mol. The van der Waals surface area contributed by atoms with Crippen molar-refractivity contribution in [2.45, 2.75) is 6.92 Å². The summed E-state index contributed by atoms with van der Waals surface area (Å²) in [5.41, 5.74) is -0.212. The Morgan fingerprint density at radius 1 is 1.44 bits per heavy atom. The number of aromatic nitrogens is 2. The van der Waals surface area contributed by atoms with Crippen LogP contribution < -0.4 is 16.1 Å². The van der Waals surface area contributed by atoms with Crippen LogP contribution in [0.15, 0.2) is 15.8 Å². The topological polar surface area (TPSA) is 47.2 Å². The molecule has 0 unspecified atom stereocenters. The summed E-state index contributed by atoms with van der Waals surface area (Å²) in [5.74, 6) is 2.49. The zero-order valence-electron chi connectivity index (χ0n) is 9.73. The number of hydrogen-bond donors (Lipinski definition) is 0. The van der Waals surface area contributed by atoms with Crippen molar-refractivity contribution in [3.63, 3.8) is 0 Å². The molecule has 86 valence electrons. The van der Waals surface area contributed by atoms with Gasteiger partial charge in [-0.25, -0.2) is 4.79 Å². The maximum absolute atomic E-state index is 11.9. The second-order valence-electron chi connectivity index (χ2n) is 3.49. The summed E-state index contributed by atoms with van der Waals surface area (Å²) in [6.07, 6.45) is 6.75. The first-order valence-electron chi connectivity index (χ1n) is 4.98. The molecule has 1 heterocycles. The highest BCUT2D eigenvalue weighted by atomic mass is 16.2. The van der Waals surface area contributed by atoms with Crippen LogP contribution in [0.4, 0.5) is 5.69 Å². The van der Waals surface area contributed by atoms with Gasteiger partial charge in [-0.1, -0.05) is 5.92 Å². The second-order valence-corrected chi connectivity index (χ2v) is 3.49. The smallest absolute Gasteiger partial charge is 0.330 e. The Bertz CT molecular complexity index is 534. The average Bonchev–Trinajstić information content (AvgIpc) is 2.28. The minimum atomic E-state index is -0.342. The van der Waals surface area contributed by atoms with Crippen LogP contribution in [0.25, 0.3) is 0 Å². The minimum Gasteiger partial charge on any atom is -0.355 e. The zero-order chi connectivity index (χ0) is 12.3. The van der Waals surface area contributed by atoms with Crippen molar-refractivity contribution in [1.82, 2.24) is 9.13 Å². The number of hydrogen-bond acceptors (Lipinski definition) is 3. The van der Waals surface area contributed by atoms with E-state index in [9.17, 15) is 9.59 Å². The van der Waals surface area contributed by atoms with Gasteiger partial charge in [0.15, 0.2) is 0 Å². The predicted octanol–water partition coefficient (Wildman–Crippen LogP) is -0.456. The van der Waals surface area contributed by atoms with Crippen molar-refractivity contribution < 1.29 is 0 Å². The second kappa shape index (κ2) is 4.71. The quantitative estimate of drug-likeness (QED) is 0.649. The number of nitrogens with zero attached hydrogens (tertiary/aromatic N) is 3. The van der Waals surface area contributed by atoms with Gasteiger partial charge in [-0.15, -0.1) is 6.42 Å². The van der Waals surface area contributed by atoms with Crippen molar-refractivity contribution in [2.24, 2.45) is 14.1 Å². The Morgan fingerprint density at radius 3 is 2.56 bits per heavy atom. The highest BCUT2D eigenvalue weighted by Gasteiger charge is 2.11. The molecule has 5 nitrogen and oxygen atoms in total. The summed E-state index contributed by atoms with van der Waals surface area (Å²) in [4.78, 5) is 25.1. The van der Waals surface area contributed by atoms with E-state index >= 15 is 0 Å². The van der Waals surface area contributed by atoms with Gasteiger partial charge in [-0.2, -0.15) is 0 Å². The molecule has 16 heavy (non-hydrogen) atoms. The van der Waals surface area contributed by atoms with Crippen molar-refractivity contribution in [3.05, 3.63) is 27.0 Å². The molecule has 0 spiro atoms. The largest absolute Gasteiger partial charge is 0.355 e. The van der Waals surface area contributed by atoms with E-state index in [1.54, 1.807) is 11.9 Å². The Morgan fingerprint density at radius 2 is 2.06 bits per heavy atom. The van der Waals surface area contributed by atoms with E-state index in [4.69, 9.17) is 6.42 Å². The third-order valence-electron chi connectivity index (χ3n) is 2.43. The fourth-order valence-corrected chi connectivity index (χ4v) is 1.48. The highest BCUT2D eigenvalue weighted by Crippen LogP contribution is 2.04. The summed E-state index contributed by atoms with van der Waals surface area (Å²) >= 11 is 0. The van der Waals surface area contributed by atoms with Gasteiger partial charge in [-0.3, -0.25) is 9.36 Å². The summed E-state index contributed by atoms with van der Waals surface area (Å²) in [6, 6.07) is 0. The van der Waals surface area contributed by atoms with Crippen LogP contribution in [0.5, 0.6) is 0 Å². The molecular formula is C11H15N3O2. The zero-order valence-corrected chi connectivity index (χ0v) is 9.73. The molecule has 0 atom stereocenters. The van der Waals surface area contributed by atoms with Crippen molar-refractivity contribution in [2.75, 3.05) is 18.0 Å². The van der Waals surface area contributed by atoms with Gasteiger partial charge in [0.05, 0.1) is 6.54 Å². The molecule has 0 saturated carbocycles. The van der Waals surface area contributed by atoms with Crippen LogP contribution in [-0.2, 0) is 14.1 Å². The Hall–Kier alpha value is -1.96. The molecule has 0 aliphatic rings. The van der Waals surface area contributed by atoms with Crippen LogP contribution in [-0.4, -0.2) is 22.2 Å². The molecule has 0 aliphatic carbocycles. The SMILES string of the molecule is C#CCN(CC)c1cn(C)c(=O)n(C)c1=O. The van der Waals surface area contributed by atoms with E-state index in [2.05, 4.69) is 5.92 Å². The van der Waals surface area contributed by atoms with E-state index in [0.717, 1.165) is 4.57 Å². The summed E-state index contributed by atoms with van der Waals surface area (Å²) < 4.78 is 2.45. The van der Waals surface area contributed by atoms with Crippen molar-refractivity contribution in [1.29, 1.82) is 0 Å². The standard InChI is InChI=1S/C11H15N3O2/c1-5-7-14(6-2)9-8-12(3)11(16)13(4)10(9)15/h1,8H,6-7H2,2-4H3. The average molecular weight is 221 g/mol. The van der Waals surface area contributed by atoms with Gasteiger partial charge < -0.3 is 9.47 Å². The fraction of sp³-hybridized carbons (Fsp3) is 0.455. The molecule has 1 rings (SSSR count). The van der Waals surface area contributed by atoms with E-state index < -0.39 is 0 Å². The lowest BCUT2D eigenvalue weighted by Gasteiger charge is -2.20. The van der Waals surface area contributed by atoms with E-state index in [1.807, 2.05) is 6.92 Å². The first kappa shape index (κ1) is 12.1. The van der Waals surface area contributed by atoms with Crippen molar-refractivity contribution in [3.8, 4) is 12.3 Å². The van der Waals surface area contributed by atoms with Gasteiger partial charge in [0.1, 0.15) is 5.69 Å². The first-order chi connectivity index (χ1) is 7.52. The fourth-order valence-electron chi connectivity index (χ4n) is 1.48. The molecule has 5 heteroatoms. The number of rotatable bonds is 3. The molecule has 0 amide bonds. The molecule has 0 saturated heterocycles. The van der Waals surface area contributed by atoms with E-state index in [-0.39, 0.29) is 11.2 Å². The molecule has 0 radical (unpaired) electrons. The summed E-state index contributed by atoms with van der Waals surface area (Å²) in [5, 5.41) is 0. The molecular weight excluding hydrogens is 206 g/mol. The monoisotopic (exact) mass is 221 g/mol. The molecule has 1 aromatic heterocycles. The summed E-state index contributed by atoms with van der Waals surface area (Å²) in [7, 11) is 3.06. The maximum atomic E-state index is 11.9. The van der Waals surface area contributed by atoms with Crippen molar-refractivity contribution >= 4 is 5.69 Å². The number of terminal acetylenes is 1. The molecule has 1 aromatic rings. The van der Waals surface area contributed by atoms with Crippen LogP contribution in [0.3, 0.4) is 0 Å². The summed E-state index contributed by atoms with van der Waals surface area (Å²) in [6.45, 7) is 2.88. The third-order valence-corrected chi connectivity index (χ3v) is 2.43. The van der Waals surface area contributed by atoms with Crippen LogP contribution in [0, 0.1) is 12.3 Å². The van der Waals surface area contributed by atoms with Gasteiger partial charge in [0.25, 0.3) is 5.56 Å². The number of aryl methyl sites for hydroxylation is 1. The van der Waals surface area contributed by atoms with Crippen LogP contribution in [0.1, 0.15) is 6.92 Å². The maximum Gasteiger partial charge on any atom is 0.330 e. The van der Waals surface area contributed by atoms with Crippen LogP contribution in [0.2, 0.25) is 0 Å². The Balaban J connectivity index is 3.41.